The number of carbonyl (C=O) groups is 2. The van der Waals surface area contributed by atoms with E-state index in [4.69, 9.17) is 8.37 Å². The minimum Gasteiger partial charge on any atom is -0.375 e. The average molecular weight is 651 g/mol. The monoisotopic (exact) mass is 650 g/mol. The standard InChI is InChI=1S/C32H18N4O8S2/c33-35-25-17-28(21-11-4-6-13-23(21)30(25)37)45(39,40)43-27-16-8-15-20(19-9-2-1-3-10-19)32(27)44-46(41,42)29-18-26(36-34)31(38)24-14-7-5-12-22(24)29/h1-18H. The number of allylic oxidation sites excluding steroid dienone is 2. The SMILES string of the molecule is [N-]=[N+]=C1C=C(S(=O)(=O)Oc2cccc(-c3ccccc3)c2OS(=O)(=O)C2=CC(=[N+]=[N-])C(=O)c3ccccc32)c2ccccc2C1=O. The van der Waals surface area contributed by atoms with Crippen molar-refractivity contribution in [3.63, 3.8) is 0 Å². The first-order valence-electron chi connectivity index (χ1n) is 13.3. The van der Waals surface area contributed by atoms with Gasteiger partial charge in [-0.15, -0.1) is 0 Å². The van der Waals surface area contributed by atoms with Crippen molar-refractivity contribution in [2.75, 3.05) is 0 Å². The summed E-state index contributed by atoms with van der Waals surface area (Å²) in [6.07, 6.45) is 1.69. The third-order valence-electron chi connectivity index (χ3n) is 7.09. The summed E-state index contributed by atoms with van der Waals surface area (Å²) < 4.78 is 66.6. The van der Waals surface area contributed by atoms with Crippen LogP contribution >= 0.6 is 0 Å². The summed E-state index contributed by atoms with van der Waals surface area (Å²) >= 11 is 0. The topological polar surface area (TPSA) is 194 Å². The lowest BCUT2D eigenvalue weighted by molar-refractivity contribution is -0.00460. The minimum atomic E-state index is -4.89. The highest BCUT2D eigenvalue weighted by Gasteiger charge is 2.39. The molecule has 0 fully saturated rings. The summed E-state index contributed by atoms with van der Waals surface area (Å²) in [7, 11) is -9.74. The normalized spacial score (nSPS) is 14.3. The summed E-state index contributed by atoms with van der Waals surface area (Å²) in [6, 6.07) is 23.8. The number of hydrogen-bond donors (Lipinski definition) is 0. The van der Waals surface area contributed by atoms with E-state index < -0.39 is 64.5 Å². The minimum absolute atomic E-state index is 0.0290. The Balaban J connectivity index is 1.51. The Morgan fingerprint density at radius 2 is 0.935 bits per heavy atom. The lowest BCUT2D eigenvalue weighted by Crippen LogP contribution is -2.25. The number of fused-ring (bicyclic) bond motifs is 2. The number of Topliss-reactive ketones (excluding diaryl/α,β-unsaturated/α-hetero) is 2. The Morgan fingerprint density at radius 1 is 0.500 bits per heavy atom. The molecule has 4 aromatic carbocycles. The molecular formula is C32H18N4O8S2. The van der Waals surface area contributed by atoms with E-state index in [0.29, 0.717) is 5.56 Å². The number of para-hydroxylation sites is 1. The summed E-state index contributed by atoms with van der Waals surface area (Å²) in [4.78, 5) is 30.2. The molecule has 0 N–H and O–H groups in total. The zero-order chi connectivity index (χ0) is 32.6. The molecule has 0 aromatic heterocycles. The molecule has 4 aromatic rings. The maximum absolute atomic E-state index is 13.9. The lowest BCUT2D eigenvalue weighted by atomic mass is 9.95. The number of nitrogens with zero attached hydrogens (tertiary/aromatic N) is 4. The molecule has 0 amide bonds. The second-order valence-corrected chi connectivity index (χ2v) is 12.8. The first-order chi connectivity index (χ1) is 22.1. The van der Waals surface area contributed by atoms with E-state index in [0.717, 1.165) is 12.2 Å². The highest BCUT2D eigenvalue weighted by Crippen LogP contribution is 2.43. The number of ketones is 2. The zero-order valence-corrected chi connectivity index (χ0v) is 24.9. The zero-order valence-electron chi connectivity index (χ0n) is 23.3. The third-order valence-corrected chi connectivity index (χ3v) is 9.62. The predicted octanol–water partition coefficient (Wildman–Crippen LogP) is 4.59. The van der Waals surface area contributed by atoms with Gasteiger partial charge < -0.3 is 19.4 Å². The van der Waals surface area contributed by atoms with Gasteiger partial charge in [-0.1, -0.05) is 91.0 Å². The van der Waals surface area contributed by atoms with Crippen LogP contribution in [-0.2, 0) is 20.2 Å². The Bertz CT molecular complexity index is 2390. The number of hydrogen-bond acceptors (Lipinski definition) is 8. The molecule has 0 saturated heterocycles. The fourth-order valence-electron chi connectivity index (χ4n) is 5.00. The Kier molecular flexibility index (Phi) is 7.48. The molecule has 0 spiro atoms. The van der Waals surface area contributed by atoms with E-state index in [1.165, 1.54) is 66.7 Å². The van der Waals surface area contributed by atoms with Crippen LogP contribution in [-0.4, -0.2) is 49.4 Å². The van der Waals surface area contributed by atoms with Crippen LogP contribution in [0, 0.1) is 0 Å². The van der Waals surface area contributed by atoms with Gasteiger partial charge in [0.15, 0.2) is 11.5 Å². The smallest absolute Gasteiger partial charge is 0.364 e. The van der Waals surface area contributed by atoms with Gasteiger partial charge in [-0.3, -0.25) is 9.59 Å². The number of benzene rings is 4. The molecule has 14 heteroatoms. The Hall–Kier alpha value is -6.04. The van der Waals surface area contributed by atoms with Crippen molar-refractivity contribution < 1.29 is 44.4 Å². The van der Waals surface area contributed by atoms with E-state index in [1.807, 2.05) is 0 Å². The summed E-state index contributed by atoms with van der Waals surface area (Å²) in [6.45, 7) is 0. The van der Waals surface area contributed by atoms with Crippen molar-refractivity contribution in [3.05, 3.63) is 143 Å². The molecule has 6 rings (SSSR count). The van der Waals surface area contributed by atoms with Crippen molar-refractivity contribution in [2.45, 2.75) is 0 Å². The fraction of sp³-hybridized carbons (Fsp3) is 0. The second kappa shape index (κ2) is 11.5. The van der Waals surface area contributed by atoms with E-state index in [1.54, 1.807) is 30.3 Å². The Labute approximate surface area is 262 Å². The predicted molar refractivity (Wildman–Crippen MR) is 166 cm³/mol. The average Bonchev–Trinajstić information content (AvgIpc) is 3.06. The maximum Gasteiger partial charge on any atom is 0.364 e. The molecule has 0 heterocycles. The van der Waals surface area contributed by atoms with Crippen LogP contribution in [0.3, 0.4) is 0 Å². The fourth-order valence-corrected chi connectivity index (χ4v) is 7.34. The molecular weight excluding hydrogens is 633 g/mol. The largest absolute Gasteiger partial charge is 0.375 e. The molecule has 46 heavy (non-hydrogen) atoms. The Morgan fingerprint density at radius 3 is 1.43 bits per heavy atom. The van der Waals surface area contributed by atoms with Crippen LogP contribution in [0.15, 0.2) is 109 Å². The molecule has 0 atom stereocenters. The molecule has 0 aliphatic heterocycles. The molecule has 12 nitrogen and oxygen atoms in total. The van der Waals surface area contributed by atoms with Crippen molar-refractivity contribution in [1.82, 2.24) is 0 Å². The molecule has 0 bridgehead atoms. The highest BCUT2D eigenvalue weighted by atomic mass is 32.2. The van der Waals surface area contributed by atoms with Crippen molar-refractivity contribution in [3.8, 4) is 22.6 Å². The van der Waals surface area contributed by atoms with E-state index in [2.05, 4.69) is 9.58 Å². The van der Waals surface area contributed by atoms with Crippen molar-refractivity contribution in [1.29, 1.82) is 0 Å². The van der Waals surface area contributed by atoms with Crippen molar-refractivity contribution >= 4 is 53.0 Å². The lowest BCUT2D eigenvalue weighted by Gasteiger charge is -2.20. The van der Waals surface area contributed by atoms with Gasteiger partial charge in [0.25, 0.3) is 11.6 Å². The van der Waals surface area contributed by atoms with Gasteiger partial charge in [0, 0.05) is 27.8 Å². The van der Waals surface area contributed by atoms with Gasteiger partial charge >= 0.3 is 31.7 Å². The van der Waals surface area contributed by atoms with Gasteiger partial charge in [-0.25, -0.2) is 0 Å². The van der Waals surface area contributed by atoms with Gasteiger partial charge in [-0.05, 0) is 11.6 Å². The van der Waals surface area contributed by atoms with Crippen LogP contribution < -0.4 is 8.37 Å². The quantitative estimate of drug-likeness (QED) is 0.157. The first-order valence-corrected chi connectivity index (χ1v) is 16.1. The van der Waals surface area contributed by atoms with Gasteiger partial charge in [0.1, 0.15) is 9.81 Å². The molecule has 226 valence electrons. The summed E-state index contributed by atoms with van der Waals surface area (Å²) in [5.41, 5.74) is 18.1. The highest BCUT2D eigenvalue weighted by molar-refractivity contribution is 7.97. The number of carbonyl (C=O) groups excluding carboxylic acids is 2. The van der Waals surface area contributed by atoms with Crippen LogP contribution in [0.1, 0.15) is 31.8 Å². The molecule has 0 unspecified atom stereocenters. The second-order valence-electron chi connectivity index (χ2n) is 9.81. The van der Waals surface area contributed by atoms with Crippen molar-refractivity contribution in [2.24, 2.45) is 0 Å². The van der Waals surface area contributed by atoms with Gasteiger partial charge in [0.05, 0.1) is 12.2 Å². The van der Waals surface area contributed by atoms with E-state index >= 15 is 0 Å². The summed E-state index contributed by atoms with van der Waals surface area (Å²) in [5.74, 6) is -2.50. The van der Waals surface area contributed by atoms with Gasteiger partial charge in [-0.2, -0.15) is 26.4 Å². The maximum atomic E-state index is 13.9. The van der Waals surface area contributed by atoms with Gasteiger partial charge in [0.2, 0.25) is 0 Å². The molecule has 2 aliphatic carbocycles. The van der Waals surface area contributed by atoms with Crippen LogP contribution in [0.2, 0.25) is 0 Å². The van der Waals surface area contributed by atoms with Crippen LogP contribution in [0.25, 0.3) is 32.0 Å². The summed E-state index contributed by atoms with van der Waals surface area (Å²) in [5, 5.41) is 0. The van der Waals surface area contributed by atoms with Crippen LogP contribution in [0.4, 0.5) is 0 Å². The number of rotatable bonds is 7. The van der Waals surface area contributed by atoms with E-state index in [-0.39, 0.29) is 27.8 Å². The third kappa shape index (κ3) is 5.19. The first kappa shape index (κ1) is 30.0. The molecule has 0 saturated carbocycles. The van der Waals surface area contributed by atoms with Crippen LogP contribution in [0.5, 0.6) is 11.5 Å². The molecule has 0 radical (unpaired) electrons. The molecule has 2 aliphatic rings. The van der Waals surface area contributed by atoms with E-state index in [9.17, 15) is 37.5 Å².